The van der Waals surface area contributed by atoms with Gasteiger partial charge < -0.3 is 10.1 Å². The summed E-state index contributed by atoms with van der Waals surface area (Å²) in [6, 6.07) is 1.30. The molecule has 0 aromatic heterocycles. The Morgan fingerprint density at radius 3 is 2.60 bits per heavy atom. The van der Waals surface area contributed by atoms with E-state index in [-0.39, 0.29) is 23.2 Å². The molecule has 1 fully saturated rings. The number of hydrogen-bond donors (Lipinski definition) is 1. The van der Waals surface area contributed by atoms with Gasteiger partial charge in [-0.25, -0.2) is 4.39 Å². The van der Waals surface area contributed by atoms with Crippen LogP contribution in [0.1, 0.15) is 20.3 Å². The van der Waals surface area contributed by atoms with Crippen molar-refractivity contribution in [1.82, 2.24) is 0 Å². The first kappa shape index (κ1) is 14.6. The Balaban J connectivity index is 2.29. The van der Waals surface area contributed by atoms with Crippen LogP contribution in [-0.4, -0.2) is 24.2 Å². The molecule has 1 aliphatic carbocycles. The highest BCUT2D eigenvalue weighted by Crippen LogP contribution is 2.45. The molecule has 0 spiro atoms. The summed E-state index contributed by atoms with van der Waals surface area (Å²) in [7, 11) is 1.59. The van der Waals surface area contributed by atoms with E-state index in [0.717, 1.165) is 6.07 Å². The molecule has 0 aliphatic heterocycles. The zero-order valence-electron chi connectivity index (χ0n) is 11.4. The van der Waals surface area contributed by atoms with E-state index in [2.05, 4.69) is 5.32 Å². The van der Waals surface area contributed by atoms with Gasteiger partial charge in [-0.15, -0.1) is 0 Å². The SMILES string of the molecule is COC1CC(Nc2cc(F)cc(F)c2[N+](=O)[O-])C1(C)C. The number of methoxy groups -OCH3 is 1. The molecule has 2 rings (SSSR count). The second-order valence-electron chi connectivity index (χ2n) is 5.52. The minimum atomic E-state index is -1.18. The molecule has 0 saturated heterocycles. The minimum absolute atomic E-state index is 0.0115. The van der Waals surface area contributed by atoms with E-state index in [1.54, 1.807) is 7.11 Å². The number of nitrogens with zero attached hydrogens (tertiary/aromatic N) is 1. The predicted octanol–water partition coefficient (Wildman–Crippen LogP) is 3.10. The van der Waals surface area contributed by atoms with Crippen LogP contribution < -0.4 is 5.32 Å². The van der Waals surface area contributed by atoms with Gasteiger partial charge in [0, 0.05) is 30.7 Å². The van der Waals surface area contributed by atoms with Gasteiger partial charge in [0.15, 0.2) is 0 Å². The zero-order chi connectivity index (χ0) is 15.1. The van der Waals surface area contributed by atoms with Crippen molar-refractivity contribution in [3.63, 3.8) is 0 Å². The van der Waals surface area contributed by atoms with Crippen molar-refractivity contribution in [3.8, 4) is 0 Å². The molecule has 2 unspecified atom stereocenters. The van der Waals surface area contributed by atoms with Crippen LogP contribution in [0, 0.1) is 27.2 Å². The van der Waals surface area contributed by atoms with Crippen molar-refractivity contribution in [3.05, 3.63) is 33.9 Å². The van der Waals surface area contributed by atoms with Gasteiger partial charge in [0.05, 0.1) is 11.0 Å². The second-order valence-corrected chi connectivity index (χ2v) is 5.52. The van der Waals surface area contributed by atoms with Crippen molar-refractivity contribution in [2.45, 2.75) is 32.4 Å². The number of nitro groups is 1. The molecule has 2 atom stereocenters. The number of nitro benzene ring substituents is 1. The Hall–Kier alpha value is -1.76. The quantitative estimate of drug-likeness (QED) is 0.682. The number of benzene rings is 1. The van der Waals surface area contributed by atoms with Crippen LogP contribution >= 0.6 is 0 Å². The molecule has 0 radical (unpaired) electrons. The smallest absolute Gasteiger partial charge is 0.327 e. The van der Waals surface area contributed by atoms with E-state index in [0.29, 0.717) is 12.5 Å². The molecule has 7 heteroatoms. The van der Waals surface area contributed by atoms with Crippen LogP contribution in [0.2, 0.25) is 0 Å². The third kappa shape index (κ3) is 2.33. The van der Waals surface area contributed by atoms with E-state index in [4.69, 9.17) is 4.74 Å². The Kier molecular flexibility index (Phi) is 3.64. The highest BCUT2D eigenvalue weighted by atomic mass is 19.1. The van der Waals surface area contributed by atoms with Gasteiger partial charge in [-0.05, 0) is 6.42 Å². The topological polar surface area (TPSA) is 64.4 Å². The van der Waals surface area contributed by atoms with Crippen LogP contribution in [0.4, 0.5) is 20.2 Å². The Bertz CT molecular complexity index is 549. The van der Waals surface area contributed by atoms with Gasteiger partial charge in [0.25, 0.3) is 0 Å². The average Bonchev–Trinajstić information content (AvgIpc) is 2.32. The summed E-state index contributed by atoms with van der Waals surface area (Å²) in [6.07, 6.45) is 0.635. The Labute approximate surface area is 115 Å². The maximum absolute atomic E-state index is 13.5. The molecular weight excluding hydrogens is 270 g/mol. The maximum atomic E-state index is 13.5. The van der Waals surface area contributed by atoms with E-state index in [1.807, 2.05) is 13.8 Å². The van der Waals surface area contributed by atoms with E-state index >= 15 is 0 Å². The Morgan fingerprint density at radius 1 is 1.45 bits per heavy atom. The van der Waals surface area contributed by atoms with Crippen molar-refractivity contribution in [1.29, 1.82) is 0 Å². The summed E-state index contributed by atoms with van der Waals surface area (Å²) in [6.45, 7) is 3.87. The fourth-order valence-electron chi connectivity index (χ4n) is 2.58. The van der Waals surface area contributed by atoms with Crippen LogP contribution in [-0.2, 0) is 4.74 Å². The van der Waals surface area contributed by atoms with Crippen LogP contribution in [0.15, 0.2) is 12.1 Å². The first-order chi connectivity index (χ1) is 9.27. The normalized spacial score (nSPS) is 24.1. The van der Waals surface area contributed by atoms with Gasteiger partial charge in [-0.1, -0.05) is 13.8 Å². The third-order valence-corrected chi connectivity index (χ3v) is 4.00. The summed E-state index contributed by atoms with van der Waals surface area (Å²) in [4.78, 5) is 10.1. The first-order valence-corrected chi connectivity index (χ1v) is 6.20. The monoisotopic (exact) mass is 286 g/mol. The van der Waals surface area contributed by atoms with Crippen LogP contribution in [0.5, 0.6) is 0 Å². The number of hydrogen-bond acceptors (Lipinski definition) is 4. The van der Waals surface area contributed by atoms with E-state index in [9.17, 15) is 18.9 Å². The highest BCUT2D eigenvalue weighted by molar-refractivity contribution is 5.63. The molecule has 1 saturated carbocycles. The molecule has 0 amide bonds. The second kappa shape index (κ2) is 4.97. The number of halogens is 2. The van der Waals surface area contributed by atoms with Gasteiger partial charge in [0.2, 0.25) is 5.82 Å². The third-order valence-electron chi connectivity index (χ3n) is 4.00. The van der Waals surface area contributed by atoms with Crippen molar-refractivity contribution < 1.29 is 18.4 Å². The molecule has 5 nitrogen and oxygen atoms in total. The molecule has 110 valence electrons. The summed E-state index contributed by atoms with van der Waals surface area (Å²) in [5.41, 5.74) is -1.14. The molecule has 1 aliphatic rings. The lowest BCUT2D eigenvalue weighted by molar-refractivity contribution is -0.386. The van der Waals surface area contributed by atoms with Crippen molar-refractivity contribution >= 4 is 11.4 Å². The van der Waals surface area contributed by atoms with E-state index < -0.39 is 22.2 Å². The fourth-order valence-corrected chi connectivity index (χ4v) is 2.58. The number of rotatable bonds is 4. The summed E-state index contributed by atoms with van der Waals surface area (Å²) < 4.78 is 32.0. The largest absolute Gasteiger partial charge is 0.381 e. The zero-order valence-corrected chi connectivity index (χ0v) is 11.4. The van der Waals surface area contributed by atoms with Gasteiger partial charge in [-0.3, -0.25) is 10.1 Å². The van der Waals surface area contributed by atoms with Crippen molar-refractivity contribution in [2.24, 2.45) is 5.41 Å². The highest BCUT2D eigenvalue weighted by Gasteiger charge is 2.49. The lowest BCUT2D eigenvalue weighted by atomic mass is 9.64. The standard InChI is InChI=1S/C13H16F2N2O3/c1-13(2)10(6-11(13)20-3)16-9-5-7(14)4-8(15)12(9)17(18)19/h4-5,10-11,16H,6H2,1-3H3. The van der Waals surface area contributed by atoms with Gasteiger partial charge in [-0.2, -0.15) is 4.39 Å². The number of ether oxygens (including phenoxy) is 1. The first-order valence-electron chi connectivity index (χ1n) is 6.20. The molecular formula is C13H16F2N2O3. The summed E-state index contributed by atoms with van der Waals surface area (Å²) in [5.74, 6) is -2.03. The van der Waals surface area contributed by atoms with Gasteiger partial charge in [0.1, 0.15) is 11.5 Å². The fraction of sp³-hybridized carbons (Fsp3) is 0.538. The summed E-state index contributed by atoms with van der Waals surface area (Å²) >= 11 is 0. The average molecular weight is 286 g/mol. The molecule has 20 heavy (non-hydrogen) atoms. The molecule has 0 heterocycles. The predicted molar refractivity (Wildman–Crippen MR) is 69.6 cm³/mol. The van der Waals surface area contributed by atoms with Crippen LogP contribution in [0.3, 0.4) is 0 Å². The lowest BCUT2D eigenvalue weighted by Gasteiger charge is -2.51. The van der Waals surface area contributed by atoms with Gasteiger partial charge >= 0.3 is 5.69 Å². The molecule has 1 aromatic rings. The minimum Gasteiger partial charge on any atom is -0.381 e. The molecule has 1 aromatic carbocycles. The summed E-state index contributed by atoms with van der Waals surface area (Å²) in [5, 5.41) is 13.8. The van der Waals surface area contributed by atoms with Crippen LogP contribution in [0.25, 0.3) is 0 Å². The molecule has 0 bridgehead atoms. The lowest BCUT2D eigenvalue weighted by Crippen LogP contribution is -2.57. The number of nitrogens with one attached hydrogen (secondary N) is 1. The maximum Gasteiger partial charge on any atom is 0.327 e. The Morgan fingerprint density at radius 2 is 2.10 bits per heavy atom. The molecule has 1 N–H and O–H groups in total. The number of anilines is 1. The van der Waals surface area contributed by atoms with E-state index in [1.165, 1.54) is 0 Å². The van der Waals surface area contributed by atoms with Crippen molar-refractivity contribution in [2.75, 3.05) is 12.4 Å².